The van der Waals surface area contributed by atoms with Crippen molar-refractivity contribution < 1.29 is 19.1 Å². The third-order valence-corrected chi connectivity index (χ3v) is 5.68. The van der Waals surface area contributed by atoms with E-state index in [0.29, 0.717) is 16.3 Å². The van der Waals surface area contributed by atoms with Gasteiger partial charge in [-0.2, -0.15) is 0 Å². The Morgan fingerprint density at radius 1 is 1.15 bits per heavy atom. The predicted octanol–water partition coefficient (Wildman–Crippen LogP) is 3.40. The van der Waals surface area contributed by atoms with Gasteiger partial charge in [-0.15, -0.1) is 23.1 Å². The molecule has 27 heavy (non-hydrogen) atoms. The van der Waals surface area contributed by atoms with Crippen LogP contribution in [0.15, 0.2) is 64.1 Å². The maximum absolute atomic E-state index is 12.1. The first-order valence-corrected chi connectivity index (χ1v) is 10.1. The van der Waals surface area contributed by atoms with Crippen LogP contribution in [0.1, 0.15) is 21.6 Å². The molecule has 0 fully saturated rings. The molecule has 0 saturated carbocycles. The zero-order valence-corrected chi connectivity index (χ0v) is 16.1. The van der Waals surface area contributed by atoms with Crippen LogP contribution in [0, 0.1) is 0 Å². The van der Waals surface area contributed by atoms with E-state index < -0.39 is 17.9 Å². The maximum Gasteiger partial charge on any atom is 0.313 e. The lowest BCUT2D eigenvalue weighted by atomic mass is 10.2. The van der Waals surface area contributed by atoms with Crippen molar-refractivity contribution in [1.82, 2.24) is 5.32 Å². The van der Waals surface area contributed by atoms with Gasteiger partial charge in [-0.25, -0.2) is 0 Å². The van der Waals surface area contributed by atoms with Crippen molar-refractivity contribution >= 4 is 40.6 Å². The number of anilines is 1. The number of thioether (sulfide) groups is 1. The number of amides is 2. The number of carbonyl (C=O) groups is 2. The Kier molecular flexibility index (Phi) is 6.33. The summed E-state index contributed by atoms with van der Waals surface area (Å²) < 4.78 is 5.20. The Balaban J connectivity index is 1.55. The van der Waals surface area contributed by atoms with Crippen molar-refractivity contribution in [3.63, 3.8) is 0 Å². The van der Waals surface area contributed by atoms with Crippen molar-refractivity contribution in [2.45, 2.75) is 17.5 Å². The van der Waals surface area contributed by atoms with E-state index in [2.05, 4.69) is 10.6 Å². The van der Waals surface area contributed by atoms with Crippen LogP contribution in [0.4, 0.5) is 5.69 Å². The third kappa shape index (κ3) is 4.79. The highest BCUT2D eigenvalue weighted by molar-refractivity contribution is 7.98. The zero-order valence-electron chi connectivity index (χ0n) is 14.5. The number of aliphatic hydroxyl groups excluding tert-OH is 1. The topological polar surface area (TPSA) is 91.6 Å². The predicted molar refractivity (Wildman–Crippen MR) is 106 cm³/mol. The molecular weight excluding hydrogens is 384 g/mol. The minimum absolute atomic E-state index is 0.200. The van der Waals surface area contributed by atoms with Crippen LogP contribution in [-0.2, 0) is 16.1 Å². The van der Waals surface area contributed by atoms with E-state index in [0.717, 1.165) is 9.77 Å². The van der Waals surface area contributed by atoms with Gasteiger partial charge in [0.2, 0.25) is 0 Å². The standard InChI is InChI=1S/C19H18N2O4S2/c1-26-15-7-3-2-5-13(15)21-19(24)18(23)20-11-12-8-9-16(27-12)17(22)14-6-4-10-25-14/h2-10,17,22H,11H2,1H3,(H,20,23)(H,21,24). The van der Waals surface area contributed by atoms with Gasteiger partial charge < -0.3 is 20.2 Å². The molecule has 0 aliphatic rings. The van der Waals surface area contributed by atoms with E-state index in [1.54, 1.807) is 36.4 Å². The first-order valence-electron chi connectivity index (χ1n) is 8.10. The number of nitrogens with one attached hydrogen (secondary N) is 2. The van der Waals surface area contributed by atoms with Crippen molar-refractivity contribution in [3.8, 4) is 0 Å². The average molecular weight is 402 g/mol. The fourth-order valence-electron chi connectivity index (χ4n) is 2.40. The van der Waals surface area contributed by atoms with E-state index in [4.69, 9.17) is 4.42 Å². The number of aliphatic hydroxyl groups is 1. The zero-order chi connectivity index (χ0) is 19.2. The summed E-state index contributed by atoms with van der Waals surface area (Å²) in [6.45, 7) is 0.200. The highest BCUT2D eigenvalue weighted by atomic mass is 32.2. The van der Waals surface area contributed by atoms with Crippen molar-refractivity contribution in [2.75, 3.05) is 11.6 Å². The quantitative estimate of drug-likeness (QED) is 0.434. The molecule has 3 aromatic rings. The second-order valence-electron chi connectivity index (χ2n) is 5.56. The van der Waals surface area contributed by atoms with Crippen LogP contribution in [0.3, 0.4) is 0 Å². The molecule has 0 aliphatic carbocycles. The molecular formula is C19H18N2O4S2. The molecule has 1 aromatic carbocycles. The highest BCUT2D eigenvalue weighted by Crippen LogP contribution is 2.28. The fourth-order valence-corrected chi connectivity index (χ4v) is 3.90. The van der Waals surface area contributed by atoms with Gasteiger partial charge in [0.25, 0.3) is 0 Å². The second kappa shape index (κ2) is 8.90. The summed E-state index contributed by atoms with van der Waals surface area (Å²) in [4.78, 5) is 26.6. The molecule has 2 amide bonds. The summed E-state index contributed by atoms with van der Waals surface area (Å²) >= 11 is 2.83. The number of benzene rings is 1. The Morgan fingerprint density at radius 3 is 2.70 bits per heavy atom. The van der Waals surface area contributed by atoms with Crippen molar-refractivity contribution in [3.05, 3.63) is 70.3 Å². The Bertz CT molecular complexity index is 921. The summed E-state index contributed by atoms with van der Waals surface area (Å²) in [5, 5.41) is 15.4. The second-order valence-corrected chi connectivity index (χ2v) is 7.61. The fraction of sp³-hybridized carbons (Fsp3) is 0.158. The first kappa shape index (κ1) is 19.2. The largest absolute Gasteiger partial charge is 0.466 e. The number of furan rings is 1. The van der Waals surface area contributed by atoms with Gasteiger partial charge in [-0.3, -0.25) is 9.59 Å². The van der Waals surface area contributed by atoms with Crippen LogP contribution < -0.4 is 10.6 Å². The lowest BCUT2D eigenvalue weighted by molar-refractivity contribution is -0.136. The summed E-state index contributed by atoms with van der Waals surface area (Å²) in [6, 6.07) is 14.3. The van der Waals surface area contributed by atoms with Crippen molar-refractivity contribution in [1.29, 1.82) is 0 Å². The van der Waals surface area contributed by atoms with E-state index in [9.17, 15) is 14.7 Å². The number of rotatable bonds is 6. The van der Waals surface area contributed by atoms with Gasteiger partial charge in [-0.1, -0.05) is 12.1 Å². The van der Waals surface area contributed by atoms with Crippen molar-refractivity contribution in [2.24, 2.45) is 0 Å². The number of hydrogen-bond donors (Lipinski definition) is 3. The number of carbonyl (C=O) groups excluding carboxylic acids is 2. The minimum atomic E-state index is -0.846. The molecule has 1 unspecified atom stereocenters. The number of thiophene rings is 1. The van der Waals surface area contributed by atoms with Gasteiger partial charge in [0.15, 0.2) is 0 Å². The first-order chi connectivity index (χ1) is 13.1. The lowest BCUT2D eigenvalue weighted by Gasteiger charge is -2.09. The minimum Gasteiger partial charge on any atom is -0.466 e. The van der Waals surface area contributed by atoms with Gasteiger partial charge in [-0.05, 0) is 42.7 Å². The van der Waals surface area contributed by atoms with Crippen LogP contribution >= 0.6 is 23.1 Å². The van der Waals surface area contributed by atoms with E-state index in [1.165, 1.54) is 29.4 Å². The third-order valence-electron chi connectivity index (χ3n) is 3.75. The Morgan fingerprint density at radius 2 is 1.96 bits per heavy atom. The summed E-state index contributed by atoms with van der Waals surface area (Å²) in [5.74, 6) is -0.976. The van der Waals surface area contributed by atoms with Gasteiger partial charge >= 0.3 is 11.8 Å². The summed E-state index contributed by atoms with van der Waals surface area (Å²) in [5.41, 5.74) is 0.602. The monoisotopic (exact) mass is 402 g/mol. The Hall–Kier alpha value is -2.55. The normalized spacial score (nSPS) is 11.8. The van der Waals surface area contributed by atoms with E-state index in [1.807, 2.05) is 18.4 Å². The van der Waals surface area contributed by atoms with Crippen LogP contribution in [0.5, 0.6) is 0 Å². The van der Waals surface area contributed by atoms with E-state index in [-0.39, 0.29) is 6.54 Å². The smallest absolute Gasteiger partial charge is 0.313 e. The van der Waals surface area contributed by atoms with Gasteiger partial charge in [0, 0.05) is 14.6 Å². The molecule has 6 nitrogen and oxygen atoms in total. The molecule has 140 valence electrons. The molecule has 1 atom stereocenters. The molecule has 0 radical (unpaired) electrons. The highest BCUT2D eigenvalue weighted by Gasteiger charge is 2.18. The lowest BCUT2D eigenvalue weighted by Crippen LogP contribution is -2.34. The SMILES string of the molecule is CSc1ccccc1NC(=O)C(=O)NCc1ccc(C(O)c2ccco2)s1. The molecule has 2 aromatic heterocycles. The molecule has 0 saturated heterocycles. The molecule has 8 heteroatoms. The Labute approximate surface area is 164 Å². The van der Waals surface area contributed by atoms with Crippen LogP contribution in [0.25, 0.3) is 0 Å². The van der Waals surface area contributed by atoms with E-state index >= 15 is 0 Å². The number of para-hydroxylation sites is 1. The molecule has 0 aliphatic heterocycles. The molecule has 0 spiro atoms. The van der Waals surface area contributed by atoms with Gasteiger partial charge in [0.05, 0.1) is 18.5 Å². The van der Waals surface area contributed by atoms with Gasteiger partial charge in [0.1, 0.15) is 11.9 Å². The molecule has 0 bridgehead atoms. The molecule has 2 heterocycles. The maximum atomic E-state index is 12.1. The van der Waals surface area contributed by atoms with Crippen LogP contribution in [-0.4, -0.2) is 23.2 Å². The molecule has 3 N–H and O–H groups in total. The molecule has 3 rings (SSSR count). The summed E-state index contributed by atoms with van der Waals surface area (Å²) in [7, 11) is 0. The average Bonchev–Trinajstić information content (AvgIpc) is 3.38. The summed E-state index contributed by atoms with van der Waals surface area (Å²) in [6.07, 6.45) is 2.55. The van der Waals surface area contributed by atoms with Crippen LogP contribution in [0.2, 0.25) is 0 Å². The number of hydrogen-bond acceptors (Lipinski definition) is 6.